The van der Waals surface area contributed by atoms with Gasteiger partial charge in [-0.2, -0.15) is 18.3 Å². The van der Waals surface area contributed by atoms with E-state index in [-0.39, 0.29) is 33.7 Å². The summed E-state index contributed by atoms with van der Waals surface area (Å²) in [7, 11) is 0. The average molecular weight is 459 g/mol. The van der Waals surface area contributed by atoms with Gasteiger partial charge in [0.2, 0.25) is 5.91 Å². The molecule has 1 N–H and O–H groups in total. The summed E-state index contributed by atoms with van der Waals surface area (Å²) in [6, 6.07) is 3.66. The maximum absolute atomic E-state index is 13.5. The Kier molecular flexibility index (Phi) is 4.84. The molecule has 0 radical (unpaired) electrons. The van der Waals surface area contributed by atoms with Crippen LogP contribution in [-0.2, 0) is 17.4 Å². The predicted octanol–water partition coefficient (Wildman–Crippen LogP) is 3.14. The van der Waals surface area contributed by atoms with Crippen molar-refractivity contribution in [2.75, 3.05) is 13.1 Å². The number of carbonyl (C=O) groups is 1. The Morgan fingerprint density at radius 2 is 2.04 bits per heavy atom. The molecule has 0 spiro atoms. The molecule has 1 aromatic heterocycles. The van der Waals surface area contributed by atoms with Crippen LogP contribution in [0.4, 0.5) is 13.2 Å². The number of rotatable bonds is 4. The molecule has 150 valence electrons. The minimum absolute atomic E-state index is 0.0569. The first-order valence-corrected chi connectivity index (χ1v) is 9.85. The molecule has 1 aliphatic carbocycles. The molecule has 1 saturated heterocycles. The smallest absolute Gasteiger partial charge is 0.342 e. The molecule has 1 aromatic carbocycles. The van der Waals surface area contributed by atoms with Crippen LogP contribution in [0.5, 0.6) is 0 Å². The Hall–Kier alpha value is -2.10. The number of alkyl halides is 3. The first-order valence-electron chi connectivity index (χ1n) is 9.06. The molecule has 28 heavy (non-hydrogen) atoms. The van der Waals surface area contributed by atoms with Crippen LogP contribution in [0, 0.1) is 11.8 Å². The summed E-state index contributed by atoms with van der Waals surface area (Å²) in [6.45, 7) is 1.18. The molecule has 0 bridgehead atoms. The van der Waals surface area contributed by atoms with Crippen LogP contribution < -0.4 is 5.69 Å². The quantitative estimate of drug-likeness (QED) is 0.764. The van der Waals surface area contributed by atoms with Gasteiger partial charge in [-0.3, -0.25) is 4.79 Å². The maximum atomic E-state index is 13.5. The molecule has 4 rings (SSSR count). The normalized spacial score (nSPS) is 20.0. The second-order valence-corrected chi connectivity index (χ2v) is 8.27. The average Bonchev–Trinajstić information content (AvgIpc) is 3.28. The van der Waals surface area contributed by atoms with E-state index in [1.54, 1.807) is 0 Å². The standard InChI is InChI=1S/C18H18BrF3N4O2/c19-12-3-4-14(13(8-12)18(20,21)22)26-15(23-24-17(26)28)7-10-5-6-25(9-10)16(27)11-1-2-11/h3-4,8,10-11H,1-2,5-7,9H2,(H,24,28). The van der Waals surface area contributed by atoms with Gasteiger partial charge in [0.25, 0.3) is 0 Å². The van der Waals surface area contributed by atoms with E-state index in [2.05, 4.69) is 26.1 Å². The fraction of sp³-hybridized carbons (Fsp3) is 0.500. The third kappa shape index (κ3) is 3.74. The van der Waals surface area contributed by atoms with E-state index in [1.807, 2.05) is 4.90 Å². The number of benzene rings is 1. The number of H-pyrrole nitrogens is 1. The van der Waals surface area contributed by atoms with Gasteiger partial charge >= 0.3 is 11.9 Å². The predicted molar refractivity (Wildman–Crippen MR) is 98.0 cm³/mol. The summed E-state index contributed by atoms with van der Waals surface area (Å²) in [5.41, 5.74) is -1.89. The Balaban J connectivity index is 1.61. The lowest BCUT2D eigenvalue weighted by Crippen LogP contribution is -2.30. The van der Waals surface area contributed by atoms with Gasteiger partial charge in [0.05, 0.1) is 11.3 Å². The van der Waals surface area contributed by atoms with Crippen molar-refractivity contribution in [3.8, 4) is 5.69 Å². The number of likely N-dealkylation sites (tertiary alicyclic amines) is 1. The summed E-state index contributed by atoms with van der Waals surface area (Å²) >= 11 is 3.05. The Morgan fingerprint density at radius 1 is 1.29 bits per heavy atom. The highest BCUT2D eigenvalue weighted by molar-refractivity contribution is 9.10. The molecule has 1 unspecified atom stereocenters. The van der Waals surface area contributed by atoms with Gasteiger partial charge in [-0.15, -0.1) is 0 Å². The SMILES string of the molecule is O=C(C1CC1)N1CCC(Cc2n[nH]c(=O)n2-c2ccc(Br)cc2C(F)(F)F)C1. The lowest BCUT2D eigenvalue weighted by atomic mass is 10.0. The highest BCUT2D eigenvalue weighted by Gasteiger charge is 2.38. The maximum Gasteiger partial charge on any atom is 0.418 e. The molecule has 2 aromatic rings. The number of aromatic nitrogens is 3. The van der Waals surface area contributed by atoms with E-state index in [9.17, 15) is 22.8 Å². The van der Waals surface area contributed by atoms with Crippen molar-refractivity contribution in [2.24, 2.45) is 11.8 Å². The molecular formula is C18H18BrF3N4O2. The summed E-state index contributed by atoms with van der Waals surface area (Å²) in [5, 5.41) is 6.22. The van der Waals surface area contributed by atoms with E-state index >= 15 is 0 Å². The summed E-state index contributed by atoms with van der Waals surface area (Å²) in [6.07, 6.45) is -1.69. The summed E-state index contributed by atoms with van der Waals surface area (Å²) in [4.78, 5) is 26.3. The summed E-state index contributed by atoms with van der Waals surface area (Å²) < 4.78 is 41.8. The number of hydrogen-bond acceptors (Lipinski definition) is 3. The lowest BCUT2D eigenvalue weighted by Gasteiger charge is -2.17. The van der Waals surface area contributed by atoms with Crippen LogP contribution in [0.15, 0.2) is 27.5 Å². The number of hydrogen-bond donors (Lipinski definition) is 1. The van der Waals surface area contributed by atoms with Crippen molar-refractivity contribution in [1.29, 1.82) is 0 Å². The highest BCUT2D eigenvalue weighted by Crippen LogP contribution is 2.36. The third-order valence-corrected chi connectivity index (χ3v) is 5.74. The van der Waals surface area contributed by atoms with Crippen LogP contribution in [0.25, 0.3) is 5.69 Å². The van der Waals surface area contributed by atoms with Crippen LogP contribution in [0.2, 0.25) is 0 Å². The fourth-order valence-electron chi connectivity index (χ4n) is 3.69. The number of halogens is 4. The first kappa shape index (κ1) is 19.2. The number of amides is 1. The lowest BCUT2D eigenvalue weighted by molar-refractivity contribution is -0.137. The van der Waals surface area contributed by atoms with Gasteiger partial charge < -0.3 is 4.90 Å². The third-order valence-electron chi connectivity index (χ3n) is 5.24. The molecule has 10 heteroatoms. The van der Waals surface area contributed by atoms with Crippen molar-refractivity contribution >= 4 is 21.8 Å². The number of carbonyl (C=O) groups excluding carboxylic acids is 1. The molecule has 1 amide bonds. The van der Waals surface area contributed by atoms with Gasteiger partial charge in [-0.25, -0.2) is 14.5 Å². The van der Waals surface area contributed by atoms with Crippen molar-refractivity contribution < 1.29 is 18.0 Å². The van der Waals surface area contributed by atoms with E-state index in [0.29, 0.717) is 19.5 Å². The summed E-state index contributed by atoms with van der Waals surface area (Å²) in [5.74, 6) is 0.596. The van der Waals surface area contributed by atoms with Crippen LogP contribution in [0.3, 0.4) is 0 Å². The monoisotopic (exact) mass is 458 g/mol. The van der Waals surface area contributed by atoms with E-state index in [4.69, 9.17) is 0 Å². The van der Waals surface area contributed by atoms with Crippen LogP contribution in [-0.4, -0.2) is 38.7 Å². The minimum Gasteiger partial charge on any atom is -0.342 e. The second-order valence-electron chi connectivity index (χ2n) is 7.36. The molecule has 2 aliphatic rings. The van der Waals surface area contributed by atoms with Crippen molar-refractivity contribution in [3.05, 3.63) is 44.5 Å². The number of aromatic amines is 1. The van der Waals surface area contributed by atoms with Crippen molar-refractivity contribution in [2.45, 2.75) is 31.9 Å². The molecule has 2 heterocycles. The molecular weight excluding hydrogens is 441 g/mol. The van der Waals surface area contributed by atoms with Gasteiger partial charge in [0, 0.05) is 29.9 Å². The molecule has 2 fully saturated rings. The molecule has 1 aliphatic heterocycles. The number of nitrogens with one attached hydrogen (secondary N) is 1. The Morgan fingerprint density at radius 3 is 2.71 bits per heavy atom. The van der Waals surface area contributed by atoms with E-state index < -0.39 is 17.4 Å². The van der Waals surface area contributed by atoms with E-state index in [0.717, 1.165) is 29.9 Å². The Labute approximate surface area is 166 Å². The van der Waals surface area contributed by atoms with Crippen LogP contribution in [0.1, 0.15) is 30.7 Å². The molecule has 1 saturated carbocycles. The zero-order valence-corrected chi connectivity index (χ0v) is 16.4. The minimum atomic E-state index is -4.62. The van der Waals surface area contributed by atoms with E-state index in [1.165, 1.54) is 12.1 Å². The molecule has 1 atom stereocenters. The van der Waals surface area contributed by atoms with Crippen molar-refractivity contribution in [1.82, 2.24) is 19.7 Å². The largest absolute Gasteiger partial charge is 0.418 e. The fourth-order valence-corrected chi connectivity index (χ4v) is 4.05. The second kappa shape index (κ2) is 7.06. The zero-order chi connectivity index (χ0) is 20.1. The van der Waals surface area contributed by atoms with Crippen molar-refractivity contribution in [3.63, 3.8) is 0 Å². The van der Waals surface area contributed by atoms with Gasteiger partial charge in [-0.1, -0.05) is 15.9 Å². The number of nitrogens with zero attached hydrogens (tertiary/aromatic N) is 3. The topological polar surface area (TPSA) is 71.0 Å². The van der Waals surface area contributed by atoms with Gasteiger partial charge in [0.15, 0.2) is 0 Å². The first-order chi connectivity index (χ1) is 13.2. The Bertz CT molecular complexity index is 964. The highest BCUT2D eigenvalue weighted by atomic mass is 79.9. The van der Waals surface area contributed by atoms with Crippen LogP contribution >= 0.6 is 15.9 Å². The van der Waals surface area contributed by atoms with Gasteiger partial charge in [-0.05, 0) is 43.4 Å². The zero-order valence-electron chi connectivity index (χ0n) is 14.8. The molecule has 6 nitrogen and oxygen atoms in total. The van der Waals surface area contributed by atoms with Gasteiger partial charge in [0.1, 0.15) is 5.82 Å².